The maximum atomic E-state index is 13.6. The number of nitrogens with one attached hydrogen (secondary N) is 3. The van der Waals surface area contributed by atoms with Crippen LogP contribution in [0.1, 0.15) is 29.8 Å². The fourth-order valence-electron chi connectivity index (χ4n) is 3.99. The molecule has 240 valence electrons. The average molecular weight is 680 g/mol. The van der Waals surface area contributed by atoms with Crippen LogP contribution in [-0.4, -0.2) is 59.4 Å². The second kappa shape index (κ2) is 16.7. The van der Waals surface area contributed by atoms with E-state index in [9.17, 15) is 14.4 Å². The number of hydrogen-bond donors (Lipinski definition) is 3. The zero-order valence-electron chi connectivity index (χ0n) is 25.8. The van der Waals surface area contributed by atoms with Crippen molar-refractivity contribution in [3.8, 4) is 17.2 Å². The van der Waals surface area contributed by atoms with E-state index in [4.69, 9.17) is 14.2 Å². The molecule has 0 aliphatic heterocycles. The van der Waals surface area contributed by atoms with Gasteiger partial charge in [-0.05, 0) is 61.2 Å². The second-order valence-corrected chi connectivity index (χ2v) is 12.8. The third-order valence-corrected chi connectivity index (χ3v) is 8.86. The van der Waals surface area contributed by atoms with Gasteiger partial charge in [0.15, 0.2) is 11.5 Å². The van der Waals surface area contributed by atoms with Gasteiger partial charge in [-0.2, -0.15) is 9.36 Å². The molecule has 4 aromatic rings. The summed E-state index contributed by atoms with van der Waals surface area (Å²) in [5, 5.41) is 9.05. The number of amides is 3. The molecule has 11 nitrogen and oxygen atoms in total. The van der Waals surface area contributed by atoms with E-state index in [0.717, 1.165) is 22.2 Å². The first-order valence-corrected chi connectivity index (χ1v) is 16.6. The zero-order valence-corrected chi connectivity index (χ0v) is 28.2. The van der Waals surface area contributed by atoms with Crippen LogP contribution in [0.15, 0.2) is 82.5 Å². The minimum atomic E-state index is -0.563. The van der Waals surface area contributed by atoms with Crippen LogP contribution in [0.25, 0.3) is 6.08 Å². The smallest absolute Gasteiger partial charge is 0.272 e. The molecule has 3 N–H and O–H groups in total. The molecule has 1 unspecified atom stereocenters. The number of aromatic nitrogens is 2. The Bertz CT molecular complexity index is 1700. The highest BCUT2D eigenvalue weighted by Gasteiger charge is 2.19. The highest BCUT2D eigenvalue weighted by atomic mass is 32.2. The number of hydrogen-bond acceptors (Lipinski definition) is 11. The highest BCUT2D eigenvalue weighted by Crippen LogP contribution is 2.36. The number of carbonyl (C=O) groups excluding carboxylic acids is 3. The van der Waals surface area contributed by atoms with E-state index in [-0.39, 0.29) is 11.6 Å². The molecule has 46 heavy (non-hydrogen) atoms. The fourth-order valence-corrected chi connectivity index (χ4v) is 6.13. The predicted molar refractivity (Wildman–Crippen MR) is 183 cm³/mol. The van der Waals surface area contributed by atoms with Gasteiger partial charge < -0.3 is 24.8 Å². The molecule has 4 rings (SSSR count). The van der Waals surface area contributed by atoms with Gasteiger partial charge in [0.25, 0.3) is 11.8 Å². The molecule has 0 aliphatic rings. The molecule has 14 heteroatoms. The summed E-state index contributed by atoms with van der Waals surface area (Å²) in [4.78, 5) is 44.5. The number of nitrogens with zero attached hydrogens (tertiary/aromatic N) is 2. The lowest BCUT2D eigenvalue weighted by atomic mass is 10.1. The van der Waals surface area contributed by atoms with Gasteiger partial charge >= 0.3 is 0 Å². The van der Waals surface area contributed by atoms with E-state index >= 15 is 0 Å². The van der Waals surface area contributed by atoms with Crippen LogP contribution in [0, 0.1) is 0 Å². The summed E-state index contributed by atoms with van der Waals surface area (Å²) in [6.45, 7) is 3.81. The Balaban J connectivity index is 1.50. The first-order chi connectivity index (χ1) is 22.2. The van der Waals surface area contributed by atoms with Crippen LogP contribution in [0.5, 0.6) is 17.2 Å². The lowest BCUT2D eigenvalue weighted by Crippen LogP contribution is -2.30. The molecule has 0 bridgehead atoms. The molecule has 0 aliphatic carbocycles. The van der Waals surface area contributed by atoms with Gasteiger partial charge in [-0.1, -0.05) is 36.9 Å². The predicted octanol–water partition coefficient (Wildman–Crippen LogP) is 6.20. The van der Waals surface area contributed by atoms with Crippen LogP contribution in [0.3, 0.4) is 0 Å². The Morgan fingerprint density at radius 2 is 1.59 bits per heavy atom. The Kier molecular flexibility index (Phi) is 12.5. The van der Waals surface area contributed by atoms with Crippen molar-refractivity contribution in [1.29, 1.82) is 0 Å². The summed E-state index contributed by atoms with van der Waals surface area (Å²) in [5.74, 6) is 0.897. The van der Waals surface area contributed by atoms with Crippen molar-refractivity contribution >= 4 is 69.7 Å². The summed E-state index contributed by atoms with van der Waals surface area (Å²) in [6.07, 6.45) is 1.50. The third kappa shape index (κ3) is 9.25. The van der Waals surface area contributed by atoms with Crippen molar-refractivity contribution in [1.82, 2.24) is 14.7 Å². The molecule has 0 spiro atoms. The third-order valence-electron chi connectivity index (χ3n) is 6.27. The first-order valence-electron chi connectivity index (χ1n) is 14.0. The molecule has 3 aromatic carbocycles. The molecule has 0 radical (unpaired) electrons. The quantitative estimate of drug-likeness (QED) is 0.104. The SMILES string of the molecule is CCSc1nsc(NC(=O)C(C)Sc2ccc(NC(=O)/C(=C/c3cc(OC)c(OC)cc3OC)NC(=O)c3ccccc3)cc2)n1. The average Bonchev–Trinajstić information content (AvgIpc) is 3.51. The first kappa shape index (κ1) is 34.3. The van der Waals surface area contributed by atoms with Crippen LogP contribution >= 0.6 is 35.1 Å². The lowest BCUT2D eigenvalue weighted by Gasteiger charge is -2.15. The summed E-state index contributed by atoms with van der Waals surface area (Å²) >= 11 is 4.02. The van der Waals surface area contributed by atoms with Gasteiger partial charge in [-0.3, -0.25) is 19.7 Å². The van der Waals surface area contributed by atoms with Crippen molar-refractivity contribution < 1.29 is 28.6 Å². The fraction of sp³-hybridized carbons (Fsp3) is 0.219. The molecule has 0 saturated heterocycles. The Labute approximate surface area is 279 Å². The molecule has 1 heterocycles. The van der Waals surface area contributed by atoms with Crippen molar-refractivity contribution in [2.24, 2.45) is 0 Å². The van der Waals surface area contributed by atoms with Gasteiger partial charge in [0.1, 0.15) is 11.4 Å². The van der Waals surface area contributed by atoms with Gasteiger partial charge in [0, 0.05) is 39.3 Å². The van der Waals surface area contributed by atoms with Crippen LogP contribution < -0.4 is 30.2 Å². The van der Waals surface area contributed by atoms with Crippen LogP contribution in [0.4, 0.5) is 10.8 Å². The zero-order chi connectivity index (χ0) is 33.1. The summed E-state index contributed by atoms with van der Waals surface area (Å²) in [5.41, 5.74) is 1.32. The number of anilines is 2. The topological polar surface area (TPSA) is 141 Å². The maximum Gasteiger partial charge on any atom is 0.272 e. The highest BCUT2D eigenvalue weighted by molar-refractivity contribution is 8.00. The van der Waals surface area contributed by atoms with E-state index < -0.39 is 17.1 Å². The minimum Gasteiger partial charge on any atom is -0.496 e. The second-order valence-electron chi connectivity index (χ2n) is 9.37. The number of benzene rings is 3. The van der Waals surface area contributed by atoms with E-state index in [1.807, 2.05) is 6.92 Å². The van der Waals surface area contributed by atoms with Gasteiger partial charge in [0.2, 0.25) is 16.2 Å². The minimum absolute atomic E-state index is 0.0275. The van der Waals surface area contributed by atoms with Crippen molar-refractivity contribution in [2.45, 2.75) is 29.1 Å². The summed E-state index contributed by atoms with van der Waals surface area (Å²) in [6, 6.07) is 18.9. The largest absolute Gasteiger partial charge is 0.496 e. The summed E-state index contributed by atoms with van der Waals surface area (Å²) in [7, 11) is 4.50. The van der Waals surface area contributed by atoms with E-state index in [1.54, 1.807) is 73.7 Å². The van der Waals surface area contributed by atoms with Crippen LogP contribution in [0.2, 0.25) is 0 Å². The molecule has 3 amide bonds. The van der Waals surface area contributed by atoms with Crippen molar-refractivity contribution in [3.63, 3.8) is 0 Å². The number of ether oxygens (including phenoxy) is 3. The van der Waals surface area contributed by atoms with Gasteiger partial charge in [0.05, 0.1) is 26.6 Å². The number of rotatable bonds is 14. The molecular weight excluding hydrogens is 647 g/mol. The number of carbonyl (C=O) groups is 3. The lowest BCUT2D eigenvalue weighted by molar-refractivity contribution is -0.115. The molecule has 0 saturated carbocycles. The number of thioether (sulfide) groups is 2. The maximum absolute atomic E-state index is 13.6. The summed E-state index contributed by atoms with van der Waals surface area (Å²) < 4.78 is 20.5. The molecule has 1 atom stereocenters. The van der Waals surface area contributed by atoms with E-state index in [1.165, 1.54) is 50.9 Å². The molecule has 0 fully saturated rings. The molecule has 1 aromatic heterocycles. The van der Waals surface area contributed by atoms with Crippen LogP contribution in [-0.2, 0) is 9.59 Å². The Morgan fingerprint density at radius 3 is 2.24 bits per heavy atom. The monoisotopic (exact) mass is 679 g/mol. The number of methoxy groups -OCH3 is 3. The van der Waals surface area contributed by atoms with Gasteiger partial charge in [-0.25, -0.2) is 0 Å². The van der Waals surface area contributed by atoms with Crippen molar-refractivity contribution in [2.75, 3.05) is 37.7 Å². The van der Waals surface area contributed by atoms with Crippen molar-refractivity contribution in [3.05, 3.63) is 83.6 Å². The van der Waals surface area contributed by atoms with E-state index in [2.05, 4.69) is 25.3 Å². The van der Waals surface area contributed by atoms with Gasteiger partial charge in [-0.15, -0.1) is 11.8 Å². The Morgan fingerprint density at radius 1 is 0.913 bits per heavy atom. The van der Waals surface area contributed by atoms with E-state index in [0.29, 0.717) is 44.4 Å². The standard InChI is InChI=1S/C32H33N5O6S3/c1-6-44-32-36-31(46-37-32)35-28(38)19(2)45-23-14-12-22(13-15-23)33-30(40)24(34-29(39)20-10-8-7-9-11-20)16-21-17-26(42-4)27(43-5)18-25(21)41-3/h7-19H,6H2,1-5H3,(H,33,40)(H,34,39)(H,35,36,37,38)/b24-16-. The normalized spacial score (nSPS) is 11.7. The molecular formula is C32H33N5O6S3. The Hall–Kier alpha value is -4.53.